The number of ether oxygens (including phenoxy) is 3. The van der Waals surface area contributed by atoms with E-state index < -0.39 is 47.1 Å². The van der Waals surface area contributed by atoms with Gasteiger partial charge in [0, 0.05) is 13.1 Å². The summed E-state index contributed by atoms with van der Waals surface area (Å²) in [6, 6.07) is 16.0. The van der Waals surface area contributed by atoms with E-state index in [1.54, 1.807) is 29.7 Å². The number of hydrazine groups is 1. The number of aliphatic imine (C=N–C) groups is 1. The normalized spacial score (nSPS) is 12.2. The number of nitro groups is 1. The third-order valence-corrected chi connectivity index (χ3v) is 6.16. The van der Waals surface area contributed by atoms with Crippen LogP contribution in [0.2, 0.25) is 0 Å². The summed E-state index contributed by atoms with van der Waals surface area (Å²) < 4.78 is 15.2. The minimum absolute atomic E-state index is 0.0181. The van der Waals surface area contributed by atoms with Crippen LogP contribution >= 0.6 is 0 Å². The molecule has 0 saturated carbocycles. The van der Waals surface area contributed by atoms with Crippen LogP contribution < -0.4 is 27.1 Å². The Morgan fingerprint density at radius 3 is 2.00 bits per heavy atom. The molecular weight excluding hydrogens is 590 g/mol. The molecular formula is C29H39N7O9. The largest absolute Gasteiger partial charge is 0.467 e. The summed E-state index contributed by atoms with van der Waals surface area (Å²) in [6.45, 7) is 0.404. The van der Waals surface area contributed by atoms with Crippen LogP contribution in [0.3, 0.4) is 0 Å². The van der Waals surface area contributed by atoms with Crippen molar-refractivity contribution in [1.82, 2.24) is 21.4 Å². The molecule has 16 heteroatoms. The monoisotopic (exact) mass is 629 g/mol. The molecule has 0 fully saturated rings. The molecule has 0 saturated heterocycles. The number of carbonyl (C=O) groups is 4. The van der Waals surface area contributed by atoms with Gasteiger partial charge in [0.05, 0.1) is 7.11 Å². The van der Waals surface area contributed by atoms with Gasteiger partial charge >= 0.3 is 18.2 Å². The Labute approximate surface area is 260 Å². The molecule has 0 unspecified atom stereocenters. The first kappa shape index (κ1) is 35.8. The summed E-state index contributed by atoms with van der Waals surface area (Å²) >= 11 is 0. The number of hydrogen-bond acceptors (Lipinski definition) is 10. The fourth-order valence-electron chi connectivity index (χ4n) is 3.90. The van der Waals surface area contributed by atoms with Crippen molar-refractivity contribution in [2.75, 3.05) is 20.2 Å². The van der Waals surface area contributed by atoms with E-state index in [9.17, 15) is 29.3 Å². The molecule has 2 aromatic rings. The Bertz CT molecular complexity index is 1260. The molecule has 16 nitrogen and oxygen atoms in total. The Hall–Kier alpha value is -5.41. The van der Waals surface area contributed by atoms with E-state index >= 15 is 0 Å². The van der Waals surface area contributed by atoms with Gasteiger partial charge in [0.15, 0.2) is 5.03 Å². The van der Waals surface area contributed by atoms with Crippen LogP contribution in [0.15, 0.2) is 65.7 Å². The van der Waals surface area contributed by atoms with Crippen molar-refractivity contribution in [3.8, 4) is 0 Å². The molecule has 2 aromatic carbocycles. The average Bonchev–Trinajstić information content (AvgIpc) is 3.03. The zero-order valence-corrected chi connectivity index (χ0v) is 24.9. The molecule has 0 aliphatic heterocycles. The van der Waals surface area contributed by atoms with E-state index in [4.69, 9.17) is 19.9 Å². The maximum absolute atomic E-state index is 13.2. The number of benzene rings is 2. The van der Waals surface area contributed by atoms with Gasteiger partial charge in [-0.3, -0.25) is 4.79 Å². The average molecular weight is 630 g/mol. The molecule has 0 spiro atoms. The van der Waals surface area contributed by atoms with Crippen LogP contribution in [0.25, 0.3) is 0 Å². The maximum Gasteiger partial charge on any atom is 0.408 e. The lowest BCUT2D eigenvalue weighted by Gasteiger charge is -2.22. The SMILES string of the molecule is COC(=O)[C@H](CCCN=C(N)N[N+](=O)[O-])NC(=O)[C@H](CCCCNC(=O)OCc1ccccc1)NC(=O)OCc1ccccc1. The van der Waals surface area contributed by atoms with Crippen LogP contribution in [-0.2, 0) is 37.0 Å². The lowest BCUT2D eigenvalue weighted by Crippen LogP contribution is -2.52. The number of esters is 1. The van der Waals surface area contributed by atoms with Crippen molar-refractivity contribution in [1.29, 1.82) is 0 Å². The Kier molecular flexibility index (Phi) is 16.3. The number of nitrogens with two attached hydrogens (primary N) is 1. The first-order valence-corrected chi connectivity index (χ1v) is 14.2. The Morgan fingerprint density at radius 1 is 0.844 bits per heavy atom. The second-order valence-electron chi connectivity index (χ2n) is 9.61. The standard InChI is InChI=1S/C29H39N7O9/c1-43-26(38)24(16-10-18-31-27(30)35-36(41)42)33-25(37)23(34-29(40)45-20-22-13-6-3-7-14-22)15-8-9-17-32-28(39)44-19-21-11-4-2-5-12-21/h2-7,11-14,23-24H,8-10,15-20H2,1H3,(H,32,39)(H,33,37)(H,34,40)(H3,30,31,35)/t23-,24-/m0/s1. The van der Waals surface area contributed by atoms with E-state index in [-0.39, 0.29) is 45.6 Å². The van der Waals surface area contributed by atoms with Gasteiger partial charge in [-0.1, -0.05) is 66.1 Å². The molecule has 6 N–H and O–H groups in total. The molecule has 244 valence electrons. The lowest BCUT2D eigenvalue weighted by molar-refractivity contribution is -0.525. The van der Waals surface area contributed by atoms with Crippen molar-refractivity contribution >= 4 is 30.0 Å². The van der Waals surface area contributed by atoms with Gasteiger partial charge in [-0.25, -0.2) is 29.5 Å². The second-order valence-corrected chi connectivity index (χ2v) is 9.61. The number of methoxy groups -OCH3 is 1. The highest BCUT2D eigenvalue weighted by Gasteiger charge is 2.27. The van der Waals surface area contributed by atoms with Crippen molar-refractivity contribution in [3.05, 3.63) is 81.9 Å². The fourth-order valence-corrected chi connectivity index (χ4v) is 3.90. The number of guanidine groups is 1. The summed E-state index contributed by atoms with van der Waals surface area (Å²) in [7, 11) is 1.16. The van der Waals surface area contributed by atoms with Gasteiger partial charge in [-0.2, -0.15) is 0 Å². The number of carbonyl (C=O) groups excluding carboxylic acids is 4. The molecule has 0 heterocycles. The molecule has 0 aromatic heterocycles. The summed E-state index contributed by atoms with van der Waals surface area (Å²) in [5.74, 6) is -1.79. The number of amides is 3. The Morgan fingerprint density at radius 2 is 1.42 bits per heavy atom. The molecule has 0 aliphatic carbocycles. The molecule has 2 rings (SSSR count). The molecule has 2 atom stereocenters. The van der Waals surface area contributed by atoms with E-state index in [1.165, 1.54) is 0 Å². The van der Waals surface area contributed by atoms with E-state index in [0.717, 1.165) is 18.2 Å². The highest BCUT2D eigenvalue weighted by atomic mass is 16.7. The molecule has 45 heavy (non-hydrogen) atoms. The van der Waals surface area contributed by atoms with Crippen molar-refractivity contribution in [2.45, 2.75) is 57.4 Å². The highest BCUT2D eigenvalue weighted by Crippen LogP contribution is 2.07. The first-order valence-electron chi connectivity index (χ1n) is 14.2. The minimum atomic E-state index is -1.09. The smallest absolute Gasteiger partial charge is 0.408 e. The van der Waals surface area contributed by atoms with Crippen molar-refractivity contribution < 1.29 is 38.4 Å². The summed E-state index contributed by atoms with van der Waals surface area (Å²) in [6.07, 6.45) is -0.0819. The zero-order chi connectivity index (χ0) is 32.9. The topological polar surface area (TPSA) is 226 Å². The lowest BCUT2D eigenvalue weighted by atomic mass is 10.1. The van der Waals surface area contributed by atoms with Gasteiger partial charge in [0.1, 0.15) is 25.3 Å². The van der Waals surface area contributed by atoms with E-state index in [0.29, 0.717) is 12.8 Å². The number of nitrogens with one attached hydrogen (secondary N) is 4. The van der Waals surface area contributed by atoms with E-state index in [1.807, 2.05) is 36.4 Å². The van der Waals surface area contributed by atoms with Crippen LogP contribution in [0.4, 0.5) is 9.59 Å². The predicted molar refractivity (Wildman–Crippen MR) is 162 cm³/mol. The maximum atomic E-state index is 13.2. The van der Waals surface area contributed by atoms with Gasteiger partial charge in [-0.15, -0.1) is 0 Å². The minimum Gasteiger partial charge on any atom is -0.467 e. The van der Waals surface area contributed by atoms with Crippen molar-refractivity contribution in [2.24, 2.45) is 10.7 Å². The van der Waals surface area contributed by atoms with Gasteiger partial charge < -0.3 is 35.9 Å². The third-order valence-electron chi connectivity index (χ3n) is 6.16. The molecule has 0 aliphatic rings. The van der Waals surface area contributed by atoms with E-state index in [2.05, 4.69) is 20.9 Å². The molecule has 0 bridgehead atoms. The van der Waals surface area contributed by atoms with Gasteiger partial charge in [0.25, 0.3) is 5.96 Å². The van der Waals surface area contributed by atoms with Crippen molar-refractivity contribution in [3.63, 3.8) is 0 Å². The highest BCUT2D eigenvalue weighted by molar-refractivity contribution is 5.89. The summed E-state index contributed by atoms with van der Waals surface area (Å²) in [4.78, 5) is 64.4. The third kappa shape index (κ3) is 15.6. The summed E-state index contributed by atoms with van der Waals surface area (Å²) in [5, 5.41) is 17.3. The second kappa shape index (κ2) is 20.5. The van der Waals surface area contributed by atoms with Crippen LogP contribution in [0, 0.1) is 10.1 Å². The fraction of sp³-hybridized carbons (Fsp3) is 0.414. The van der Waals surface area contributed by atoms with Gasteiger partial charge in [-0.05, 0) is 43.2 Å². The van der Waals surface area contributed by atoms with Gasteiger partial charge in [0.2, 0.25) is 5.91 Å². The van der Waals surface area contributed by atoms with Crippen LogP contribution in [0.1, 0.15) is 43.2 Å². The number of rotatable bonds is 18. The number of alkyl carbamates (subject to hydrolysis) is 2. The summed E-state index contributed by atoms with van der Waals surface area (Å²) in [5.41, 5.74) is 8.69. The first-order chi connectivity index (χ1) is 21.7. The van der Waals surface area contributed by atoms with Crippen LogP contribution in [-0.4, -0.2) is 67.3 Å². The number of unbranched alkanes of at least 4 members (excludes halogenated alkanes) is 1. The molecule has 0 radical (unpaired) electrons. The number of nitrogens with zero attached hydrogens (tertiary/aromatic N) is 2. The Balaban J connectivity index is 1.92. The zero-order valence-electron chi connectivity index (χ0n) is 24.9. The number of hydrogen-bond donors (Lipinski definition) is 5. The predicted octanol–water partition coefficient (Wildman–Crippen LogP) is 1.91. The quantitative estimate of drug-likeness (QED) is 0.0304. The van der Waals surface area contributed by atoms with Crippen LogP contribution in [0.5, 0.6) is 0 Å². The molecule has 3 amide bonds.